The summed E-state index contributed by atoms with van der Waals surface area (Å²) in [5.74, 6) is -1.41. The van der Waals surface area contributed by atoms with Gasteiger partial charge in [-0.2, -0.15) is 0 Å². The zero-order chi connectivity index (χ0) is 20.9. The Morgan fingerprint density at radius 3 is 2.36 bits per heavy atom. The van der Waals surface area contributed by atoms with E-state index < -0.39 is 29.9 Å². The van der Waals surface area contributed by atoms with Gasteiger partial charge in [0.25, 0.3) is 5.91 Å². The second-order valence-corrected chi connectivity index (χ2v) is 7.39. The monoisotopic (exact) mass is 388 g/mol. The van der Waals surface area contributed by atoms with Gasteiger partial charge < -0.3 is 16.0 Å². The Bertz CT molecular complexity index is 760. The number of carbonyl (C=O) groups excluding carboxylic acids is 4. The molecule has 1 aliphatic rings. The van der Waals surface area contributed by atoms with Crippen LogP contribution in [0.15, 0.2) is 24.3 Å². The van der Waals surface area contributed by atoms with Crippen molar-refractivity contribution in [1.82, 2.24) is 20.9 Å². The second-order valence-electron chi connectivity index (χ2n) is 7.39. The molecule has 0 bridgehead atoms. The molecule has 0 saturated carbocycles. The summed E-state index contributed by atoms with van der Waals surface area (Å²) in [5.41, 5.74) is 0.587. The molecule has 1 heterocycles. The average molecular weight is 388 g/mol. The predicted molar refractivity (Wildman–Crippen MR) is 104 cm³/mol. The van der Waals surface area contributed by atoms with Crippen LogP contribution in [-0.4, -0.2) is 47.8 Å². The lowest BCUT2D eigenvalue weighted by Gasteiger charge is -2.22. The Hall–Kier alpha value is -2.90. The van der Waals surface area contributed by atoms with Crippen LogP contribution >= 0.6 is 0 Å². The number of aryl methyl sites for hydroxylation is 1. The normalized spacial score (nSPS) is 19.0. The minimum absolute atomic E-state index is 0.0419. The molecule has 0 spiro atoms. The third-order valence-corrected chi connectivity index (χ3v) is 4.54. The highest BCUT2D eigenvalue weighted by Gasteiger charge is 2.49. The van der Waals surface area contributed by atoms with Crippen molar-refractivity contribution >= 4 is 23.8 Å². The van der Waals surface area contributed by atoms with Crippen LogP contribution in [0.4, 0.5) is 4.79 Å². The molecule has 0 aromatic heterocycles. The van der Waals surface area contributed by atoms with Gasteiger partial charge in [-0.3, -0.25) is 19.3 Å². The van der Waals surface area contributed by atoms with Gasteiger partial charge in [0.1, 0.15) is 12.1 Å². The summed E-state index contributed by atoms with van der Waals surface area (Å²) in [7, 11) is 0. The summed E-state index contributed by atoms with van der Waals surface area (Å²) in [4.78, 5) is 49.7. The maximum Gasteiger partial charge on any atom is 0.325 e. The van der Waals surface area contributed by atoms with Crippen LogP contribution < -0.4 is 16.0 Å². The molecule has 1 aliphatic heterocycles. The molecular formula is C20H28N4O4. The van der Waals surface area contributed by atoms with Crippen molar-refractivity contribution < 1.29 is 19.2 Å². The first-order valence-corrected chi connectivity index (χ1v) is 9.47. The summed E-state index contributed by atoms with van der Waals surface area (Å²) < 4.78 is 0. The van der Waals surface area contributed by atoms with Crippen molar-refractivity contribution in [2.24, 2.45) is 0 Å². The van der Waals surface area contributed by atoms with Crippen LogP contribution in [0.2, 0.25) is 0 Å². The van der Waals surface area contributed by atoms with Crippen molar-refractivity contribution in [3.8, 4) is 0 Å². The van der Waals surface area contributed by atoms with Crippen molar-refractivity contribution in [3.63, 3.8) is 0 Å². The first-order valence-electron chi connectivity index (χ1n) is 9.47. The number of hydrogen-bond acceptors (Lipinski definition) is 4. The van der Waals surface area contributed by atoms with Crippen LogP contribution in [0.3, 0.4) is 0 Å². The van der Waals surface area contributed by atoms with E-state index in [1.54, 1.807) is 6.92 Å². The number of hydrogen-bond donors (Lipinski definition) is 3. The number of nitrogens with one attached hydrogen (secondary N) is 3. The summed E-state index contributed by atoms with van der Waals surface area (Å²) >= 11 is 0. The molecule has 0 aliphatic carbocycles. The Labute approximate surface area is 165 Å². The summed E-state index contributed by atoms with van der Waals surface area (Å²) in [6, 6.07) is 6.84. The van der Waals surface area contributed by atoms with Crippen molar-refractivity contribution in [1.29, 1.82) is 0 Å². The maximum absolute atomic E-state index is 12.9. The molecule has 8 nitrogen and oxygen atoms in total. The van der Waals surface area contributed by atoms with E-state index in [2.05, 4.69) is 22.9 Å². The summed E-state index contributed by atoms with van der Waals surface area (Å²) in [6.07, 6.45) is 1.96. The predicted octanol–water partition coefficient (Wildman–Crippen LogP) is 1.05. The highest BCUT2D eigenvalue weighted by atomic mass is 16.2. The highest BCUT2D eigenvalue weighted by molar-refractivity contribution is 6.09. The number of rotatable bonds is 8. The number of carbonyl (C=O) groups is 4. The molecule has 5 amide bonds. The molecule has 152 valence electrons. The molecule has 0 unspecified atom stereocenters. The smallest absolute Gasteiger partial charge is 0.325 e. The zero-order valence-electron chi connectivity index (χ0n) is 16.8. The Morgan fingerprint density at radius 1 is 1.14 bits per heavy atom. The number of nitrogens with zero attached hydrogens (tertiary/aromatic N) is 1. The van der Waals surface area contributed by atoms with Crippen LogP contribution in [0.1, 0.15) is 45.2 Å². The van der Waals surface area contributed by atoms with E-state index in [1.807, 2.05) is 38.1 Å². The van der Waals surface area contributed by atoms with E-state index in [0.717, 1.165) is 23.3 Å². The quantitative estimate of drug-likeness (QED) is 0.579. The average Bonchev–Trinajstić information content (AvgIpc) is 2.84. The molecule has 3 N–H and O–H groups in total. The fourth-order valence-corrected chi connectivity index (χ4v) is 3.08. The number of urea groups is 1. The SMILES string of the molecule is CCCc1ccc([C@@]2(C)NC(=O)N(CC(=O)NCC(=O)NC(C)C)C2=O)cc1. The second kappa shape index (κ2) is 8.86. The summed E-state index contributed by atoms with van der Waals surface area (Å²) in [5, 5.41) is 7.74. The van der Waals surface area contributed by atoms with Gasteiger partial charge in [0.2, 0.25) is 11.8 Å². The van der Waals surface area contributed by atoms with Crippen molar-refractivity contribution in [2.45, 2.75) is 52.1 Å². The topological polar surface area (TPSA) is 108 Å². The van der Waals surface area contributed by atoms with Gasteiger partial charge in [0, 0.05) is 6.04 Å². The minimum Gasteiger partial charge on any atom is -0.352 e. The van der Waals surface area contributed by atoms with Gasteiger partial charge in [0.15, 0.2) is 0 Å². The van der Waals surface area contributed by atoms with Crippen LogP contribution in [-0.2, 0) is 26.3 Å². The fourth-order valence-electron chi connectivity index (χ4n) is 3.08. The molecule has 1 fully saturated rings. The van der Waals surface area contributed by atoms with E-state index in [-0.39, 0.29) is 18.5 Å². The lowest BCUT2D eigenvalue weighted by Crippen LogP contribution is -2.45. The van der Waals surface area contributed by atoms with Gasteiger partial charge in [-0.05, 0) is 38.3 Å². The largest absolute Gasteiger partial charge is 0.352 e. The van der Waals surface area contributed by atoms with Crippen LogP contribution in [0.5, 0.6) is 0 Å². The first-order chi connectivity index (χ1) is 13.2. The van der Waals surface area contributed by atoms with Crippen molar-refractivity contribution in [2.75, 3.05) is 13.1 Å². The van der Waals surface area contributed by atoms with E-state index in [4.69, 9.17) is 0 Å². The van der Waals surface area contributed by atoms with Crippen LogP contribution in [0, 0.1) is 0 Å². The maximum atomic E-state index is 12.9. The third kappa shape index (κ3) is 4.88. The van der Waals surface area contributed by atoms with Crippen LogP contribution in [0.25, 0.3) is 0 Å². The number of amides is 5. The summed E-state index contributed by atoms with van der Waals surface area (Å²) in [6.45, 7) is 6.67. The van der Waals surface area contributed by atoms with Gasteiger partial charge in [-0.15, -0.1) is 0 Å². The third-order valence-electron chi connectivity index (χ3n) is 4.54. The molecule has 28 heavy (non-hydrogen) atoms. The lowest BCUT2D eigenvalue weighted by molar-refractivity contribution is -0.135. The molecule has 2 rings (SSSR count). The van der Waals surface area contributed by atoms with Gasteiger partial charge in [-0.25, -0.2) is 4.79 Å². The highest BCUT2D eigenvalue weighted by Crippen LogP contribution is 2.29. The molecule has 8 heteroatoms. The Balaban J connectivity index is 2.02. The number of imide groups is 1. The standard InChI is InChI=1S/C20H28N4O4/c1-5-6-14-7-9-15(10-8-14)20(4)18(27)24(19(28)23-20)12-17(26)21-11-16(25)22-13(2)3/h7-10,13H,5-6,11-12H2,1-4H3,(H,21,26)(H,22,25)(H,23,28)/t20-/m1/s1. The van der Waals surface area contributed by atoms with E-state index in [9.17, 15) is 19.2 Å². The van der Waals surface area contributed by atoms with Gasteiger partial charge in [-0.1, -0.05) is 37.6 Å². The first kappa shape index (κ1) is 21.4. The Kier molecular flexibility index (Phi) is 6.77. The molecule has 1 aromatic rings. The van der Waals surface area contributed by atoms with Gasteiger partial charge in [0.05, 0.1) is 6.54 Å². The molecule has 1 saturated heterocycles. The van der Waals surface area contributed by atoms with Crippen molar-refractivity contribution in [3.05, 3.63) is 35.4 Å². The number of benzene rings is 1. The van der Waals surface area contributed by atoms with E-state index in [1.165, 1.54) is 0 Å². The van der Waals surface area contributed by atoms with E-state index in [0.29, 0.717) is 5.56 Å². The fraction of sp³-hybridized carbons (Fsp3) is 0.500. The zero-order valence-corrected chi connectivity index (χ0v) is 16.8. The van der Waals surface area contributed by atoms with E-state index >= 15 is 0 Å². The minimum atomic E-state index is -1.23. The molecule has 1 aromatic carbocycles. The lowest BCUT2D eigenvalue weighted by atomic mass is 9.91. The van der Waals surface area contributed by atoms with Gasteiger partial charge >= 0.3 is 6.03 Å². The molecule has 1 atom stereocenters. The Morgan fingerprint density at radius 2 is 1.79 bits per heavy atom. The molecular weight excluding hydrogens is 360 g/mol. The molecule has 0 radical (unpaired) electrons.